The predicted octanol–water partition coefficient (Wildman–Crippen LogP) is -0.337. The lowest BCUT2D eigenvalue weighted by atomic mass is 10.2. The summed E-state index contributed by atoms with van der Waals surface area (Å²) in [7, 11) is 1.68. The lowest BCUT2D eigenvalue weighted by molar-refractivity contribution is 0.0761. The number of aliphatic hydroxyl groups excluding tert-OH is 1. The van der Waals surface area contributed by atoms with Crippen LogP contribution in [-0.4, -0.2) is 55.5 Å². The van der Waals surface area contributed by atoms with E-state index in [1.807, 2.05) is 0 Å². The van der Waals surface area contributed by atoms with Crippen molar-refractivity contribution in [3.05, 3.63) is 0 Å². The third-order valence-corrected chi connectivity index (χ3v) is 2.03. The third kappa shape index (κ3) is 5.99. The minimum absolute atomic E-state index is 0.316. The summed E-state index contributed by atoms with van der Waals surface area (Å²) in [6.07, 6.45) is -0.431. The molecule has 1 unspecified atom stereocenters. The summed E-state index contributed by atoms with van der Waals surface area (Å²) in [5.74, 6) is 0. The van der Waals surface area contributed by atoms with Gasteiger partial charge in [-0.05, 0) is 13.8 Å². The molecule has 0 amide bonds. The van der Waals surface area contributed by atoms with Crippen LogP contribution in [0.3, 0.4) is 0 Å². The Morgan fingerprint density at radius 1 is 1.46 bits per heavy atom. The number of rotatable bonds is 7. The number of methoxy groups -OCH3 is 1. The van der Waals surface area contributed by atoms with Gasteiger partial charge < -0.3 is 15.6 Å². The minimum atomic E-state index is -0.431. The molecule has 0 spiro atoms. The summed E-state index contributed by atoms with van der Waals surface area (Å²) in [6, 6.07) is 0.413. The monoisotopic (exact) mass is 190 g/mol. The largest absolute Gasteiger partial charge is 0.390 e. The zero-order valence-electron chi connectivity index (χ0n) is 8.86. The molecule has 0 aromatic carbocycles. The van der Waals surface area contributed by atoms with E-state index in [4.69, 9.17) is 10.5 Å². The van der Waals surface area contributed by atoms with Gasteiger partial charge in [-0.1, -0.05) is 0 Å². The normalized spacial score (nSPS) is 14.1. The summed E-state index contributed by atoms with van der Waals surface area (Å²) in [5.41, 5.74) is 5.34. The van der Waals surface area contributed by atoms with Crippen LogP contribution in [0, 0.1) is 0 Å². The summed E-state index contributed by atoms with van der Waals surface area (Å²) in [6.45, 7) is 6.66. The van der Waals surface area contributed by atoms with Gasteiger partial charge in [0.1, 0.15) is 0 Å². The molecule has 0 aliphatic carbocycles. The fourth-order valence-corrected chi connectivity index (χ4v) is 1.11. The van der Waals surface area contributed by atoms with Gasteiger partial charge in [0, 0.05) is 32.8 Å². The summed E-state index contributed by atoms with van der Waals surface area (Å²) < 4.78 is 4.98. The van der Waals surface area contributed by atoms with Crippen LogP contribution in [0.25, 0.3) is 0 Å². The number of hydrogen-bond acceptors (Lipinski definition) is 4. The first-order valence-electron chi connectivity index (χ1n) is 4.73. The van der Waals surface area contributed by atoms with Gasteiger partial charge >= 0.3 is 0 Å². The van der Waals surface area contributed by atoms with Crippen LogP contribution >= 0.6 is 0 Å². The van der Waals surface area contributed by atoms with Crippen molar-refractivity contribution >= 4 is 0 Å². The van der Waals surface area contributed by atoms with Gasteiger partial charge in [0.05, 0.1) is 12.7 Å². The van der Waals surface area contributed by atoms with Gasteiger partial charge in [-0.25, -0.2) is 0 Å². The first-order valence-corrected chi connectivity index (χ1v) is 4.73. The third-order valence-electron chi connectivity index (χ3n) is 2.03. The molecule has 0 aliphatic heterocycles. The SMILES string of the molecule is COCCN(CC(O)CN)C(C)C. The van der Waals surface area contributed by atoms with Crippen LogP contribution in [-0.2, 0) is 4.74 Å². The Morgan fingerprint density at radius 2 is 2.08 bits per heavy atom. The molecule has 0 aromatic heterocycles. The van der Waals surface area contributed by atoms with Crippen molar-refractivity contribution in [2.24, 2.45) is 5.73 Å². The highest BCUT2D eigenvalue weighted by molar-refractivity contribution is 4.68. The quantitative estimate of drug-likeness (QED) is 0.577. The Morgan fingerprint density at radius 3 is 2.46 bits per heavy atom. The molecule has 0 radical (unpaired) electrons. The van der Waals surface area contributed by atoms with E-state index in [0.717, 1.165) is 6.54 Å². The van der Waals surface area contributed by atoms with Crippen LogP contribution in [0.5, 0.6) is 0 Å². The maximum atomic E-state index is 9.37. The molecule has 4 heteroatoms. The van der Waals surface area contributed by atoms with Crippen LogP contribution in [0.4, 0.5) is 0 Å². The topological polar surface area (TPSA) is 58.7 Å². The predicted molar refractivity (Wildman–Crippen MR) is 53.6 cm³/mol. The van der Waals surface area contributed by atoms with Gasteiger partial charge in [0.2, 0.25) is 0 Å². The van der Waals surface area contributed by atoms with Crippen molar-refractivity contribution in [3.63, 3.8) is 0 Å². The summed E-state index contributed by atoms with van der Waals surface area (Å²) >= 11 is 0. The molecule has 80 valence electrons. The van der Waals surface area contributed by atoms with E-state index in [-0.39, 0.29) is 0 Å². The molecule has 0 aromatic rings. The molecule has 0 bridgehead atoms. The molecule has 0 heterocycles. The second-order valence-electron chi connectivity index (χ2n) is 3.47. The van der Waals surface area contributed by atoms with Crippen LogP contribution in [0.2, 0.25) is 0 Å². The van der Waals surface area contributed by atoms with E-state index in [1.165, 1.54) is 0 Å². The highest BCUT2D eigenvalue weighted by Crippen LogP contribution is 1.99. The van der Waals surface area contributed by atoms with Gasteiger partial charge in [-0.2, -0.15) is 0 Å². The fourth-order valence-electron chi connectivity index (χ4n) is 1.11. The molecule has 0 fully saturated rings. The van der Waals surface area contributed by atoms with E-state index in [0.29, 0.717) is 25.7 Å². The van der Waals surface area contributed by atoms with E-state index in [1.54, 1.807) is 7.11 Å². The standard InChI is InChI=1S/C9H22N2O2/c1-8(2)11(4-5-13-3)7-9(12)6-10/h8-9,12H,4-7,10H2,1-3H3. The maximum Gasteiger partial charge on any atom is 0.0789 e. The lowest BCUT2D eigenvalue weighted by Crippen LogP contribution is -2.42. The second kappa shape index (κ2) is 7.26. The van der Waals surface area contributed by atoms with Crippen molar-refractivity contribution in [2.45, 2.75) is 26.0 Å². The van der Waals surface area contributed by atoms with E-state index in [2.05, 4.69) is 18.7 Å². The van der Waals surface area contributed by atoms with Gasteiger partial charge in [0.25, 0.3) is 0 Å². The Bertz CT molecular complexity index is 120. The van der Waals surface area contributed by atoms with Crippen molar-refractivity contribution in [1.82, 2.24) is 4.90 Å². The smallest absolute Gasteiger partial charge is 0.0789 e. The molecule has 0 rings (SSSR count). The Labute approximate surface area is 80.7 Å². The number of ether oxygens (including phenoxy) is 1. The van der Waals surface area contributed by atoms with Gasteiger partial charge in [0.15, 0.2) is 0 Å². The highest BCUT2D eigenvalue weighted by Gasteiger charge is 2.12. The molecule has 1 atom stereocenters. The number of nitrogens with two attached hydrogens (primary N) is 1. The number of hydrogen-bond donors (Lipinski definition) is 2. The molecule has 4 nitrogen and oxygen atoms in total. The van der Waals surface area contributed by atoms with Crippen LogP contribution in [0.15, 0.2) is 0 Å². The number of aliphatic hydroxyl groups is 1. The molecule has 0 aliphatic rings. The van der Waals surface area contributed by atoms with Gasteiger partial charge in [-0.15, -0.1) is 0 Å². The van der Waals surface area contributed by atoms with E-state index >= 15 is 0 Å². The summed E-state index contributed by atoms with van der Waals surface area (Å²) in [4.78, 5) is 2.15. The van der Waals surface area contributed by atoms with Gasteiger partial charge in [-0.3, -0.25) is 4.90 Å². The van der Waals surface area contributed by atoms with Crippen molar-refractivity contribution in [3.8, 4) is 0 Å². The average Bonchev–Trinajstić information content (AvgIpc) is 2.11. The Kier molecular flexibility index (Phi) is 7.17. The Balaban J connectivity index is 3.79. The molecule has 13 heavy (non-hydrogen) atoms. The minimum Gasteiger partial charge on any atom is -0.390 e. The molecular weight excluding hydrogens is 168 g/mol. The molecule has 0 saturated heterocycles. The zero-order chi connectivity index (χ0) is 10.3. The van der Waals surface area contributed by atoms with E-state index < -0.39 is 6.10 Å². The number of nitrogens with zero attached hydrogens (tertiary/aromatic N) is 1. The first kappa shape index (κ1) is 12.8. The molecular formula is C9H22N2O2. The summed E-state index contributed by atoms with van der Waals surface area (Å²) in [5, 5.41) is 9.37. The van der Waals surface area contributed by atoms with Crippen LogP contribution in [0.1, 0.15) is 13.8 Å². The fraction of sp³-hybridized carbons (Fsp3) is 1.00. The maximum absolute atomic E-state index is 9.37. The zero-order valence-corrected chi connectivity index (χ0v) is 8.86. The van der Waals surface area contributed by atoms with Crippen molar-refractivity contribution in [1.29, 1.82) is 0 Å². The van der Waals surface area contributed by atoms with Crippen molar-refractivity contribution < 1.29 is 9.84 Å². The average molecular weight is 190 g/mol. The lowest BCUT2D eigenvalue weighted by Gasteiger charge is -2.27. The highest BCUT2D eigenvalue weighted by atomic mass is 16.5. The second-order valence-corrected chi connectivity index (χ2v) is 3.47. The van der Waals surface area contributed by atoms with E-state index in [9.17, 15) is 5.11 Å². The molecule has 0 saturated carbocycles. The van der Waals surface area contributed by atoms with Crippen molar-refractivity contribution in [2.75, 3.05) is 33.4 Å². The Hall–Kier alpha value is -0.160. The first-order chi connectivity index (χ1) is 6.11. The molecule has 3 N–H and O–H groups in total. The van der Waals surface area contributed by atoms with Crippen LogP contribution < -0.4 is 5.73 Å².